The average Bonchev–Trinajstić information content (AvgIpc) is 3.89. The highest BCUT2D eigenvalue weighted by molar-refractivity contribution is 6.12. The first-order valence-electron chi connectivity index (χ1n) is 21.3. The molecule has 0 atom stereocenters. The van der Waals surface area contributed by atoms with Crippen LogP contribution in [0.3, 0.4) is 0 Å². The zero-order valence-electron chi connectivity index (χ0n) is 34.5. The Balaban J connectivity index is 1.07. The van der Waals surface area contributed by atoms with Crippen molar-refractivity contribution in [2.45, 2.75) is 0 Å². The third-order valence-electron chi connectivity index (χ3n) is 12.2. The van der Waals surface area contributed by atoms with Crippen molar-refractivity contribution in [3.8, 4) is 73.9 Å². The molecule has 298 valence electrons. The highest BCUT2D eigenvalue weighted by Gasteiger charge is 2.21. The molecule has 0 saturated carbocycles. The number of nitriles is 1. The number of fused-ring (bicyclic) bond motifs is 6. The van der Waals surface area contributed by atoms with Gasteiger partial charge in [-0.05, 0) is 82.9 Å². The van der Waals surface area contributed by atoms with Crippen molar-refractivity contribution in [1.29, 1.82) is 5.26 Å². The Hall–Kier alpha value is -8.92. The van der Waals surface area contributed by atoms with E-state index < -0.39 is 0 Å². The Morgan fingerprint density at radius 3 is 1.42 bits per heavy atom. The van der Waals surface area contributed by atoms with Gasteiger partial charge in [0.15, 0.2) is 17.5 Å². The van der Waals surface area contributed by atoms with E-state index in [2.05, 4.69) is 185 Å². The van der Waals surface area contributed by atoms with E-state index in [1.165, 1.54) is 21.8 Å². The number of hydrogen-bond donors (Lipinski definition) is 0. The van der Waals surface area contributed by atoms with Crippen molar-refractivity contribution in [1.82, 2.24) is 24.1 Å². The monoisotopic (exact) mass is 816 g/mol. The molecule has 6 nitrogen and oxygen atoms in total. The molecule has 0 bridgehead atoms. The maximum Gasteiger partial charge on any atom is 0.164 e. The summed E-state index contributed by atoms with van der Waals surface area (Å²) < 4.78 is 4.72. The first-order chi connectivity index (χ1) is 31.7. The van der Waals surface area contributed by atoms with Gasteiger partial charge in [-0.25, -0.2) is 15.0 Å². The van der Waals surface area contributed by atoms with Crippen LogP contribution in [-0.2, 0) is 0 Å². The van der Waals surface area contributed by atoms with Crippen LogP contribution in [0, 0.1) is 11.3 Å². The number of para-hydroxylation sites is 3. The second-order valence-corrected chi connectivity index (χ2v) is 16.0. The van der Waals surface area contributed by atoms with Gasteiger partial charge in [-0.2, -0.15) is 5.26 Å². The highest BCUT2D eigenvalue weighted by Crippen LogP contribution is 2.40. The molecule has 3 heterocycles. The molecular weight excluding hydrogens is 781 g/mol. The van der Waals surface area contributed by atoms with Gasteiger partial charge in [-0.1, -0.05) is 158 Å². The van der Waals surface area contributed by atoms with Crippen molar-refractivity contribution < 1.29 is 0 Å². The molecule has 0 aliphatic heterocycles. The lowest BCUT2D eigenvalue weighted by Gasteiger charge is -2.16. The van der Waals surface area contributed by atoms with Crippen LogP contribution in [0.2, 0.25) is 0 Å². The predicted octanol–water partition coefficient (Wildman–Crippen LogP) is 14.3. The fourth-order valence-corrected chi connectivity index (χ4v) is 9.23. The highest BCUT2D eigenvalue weighted by atomic mass is 15.0. The SMILES string of the molecule is N#Cc1cccc(-c2nc(-c3ccc(-c4ccccc4)cc3)nc(-c3cc(-n4c5ccccc5c5cc(-n6c7ccccc7c7ccccc76)ccc54)ccc3-c3ccccc3)n2)c1. The van der Waals surface area contributed by atoms with Gasteiger partial charge in [0.05, 0.1) is 33.7 Å². The first-order valence-corrected chi connectivity index (χ1v) is 21.3. The molecule has 3 aromatic heterocycles. The zero-order valence-corrected chi connectivity index (χ0v) is 34.5. The third kappa shape index (κ3) is 6.22. The second-order valence-electron chi connectivity index (χ2n) is 16.0. The Labute approximate surface area is 369 Å². The molecule has 0 spiro atoms. The molecular formula is C58H36N6. The molecule has 0 aliphatic carbocycles. The average molecular weight is 817 g/mol. The number of aromatic nitrogens is 5. The van der Waals surface area contributed by atoms with Crippen LogP contribution in [0.4, 0.5) is 0 Å². The number of rotatable bonds is 7. The van der Waals surface area contributed by atoms with Gasteiger partial charge in [0.1, 0.15) is 0 Å². The minimum atomic E-state index is 0.489. The third-order valence-corrected chi connectivity index (χ3v) is 12.2. The minimum Gasteiger partial charge on any atom is -0.309 e. The van der Waals surface area contributed by atoms with Crippen LogP contribution in [-0.4, -0.2) is 24.1 Å². The van der Waals surface area contributed by atoms with Crippen LogP contribution in [0.25, 0.3) is 111 Å². The fourth-order valence-electron chi connectivity index (χ4n) is 9.23. The summed E-state index contributed by atoms with van der Waals surface area (Å²) in [5, 5.41) is 14.7. The normalized spacial score (nSPS) is 11.4. The van der Waals surface area contributed by atoms with E-state index in [0.29, 0.717) is 23.0 Å². The van der Waals surface area contributed by atoms with Crippen LogP contribution >= 0.6 is 0 Å². The van der Waals surface area contributed by atoms with Crippen molar-refractivity contribution in [2.75, 3.05) is 0 Å². The molecule has 0 unspecified atom stereocenters. The quantitative estimate of drug-likeness (QED) is 0.161. The molecule has 0 radical (unpaired) electrons. The molecule has 9 aromatic carbocycles. The molecule has 64 heavy (non-hydrogen) atoms. The van der Waals surface area contributed by atoms with E-state index in [-0.39, 0.29) is 0 Å². The van der Waals surface area contributed by atoms with Gasteiger partial charge >= 0.3 is 0 Å². The van der Waals surface area contributed by atoms with E-state index in [1.54, 1.807) is 6.07 Å². The largest absolute Gasteiger partial charge is 0.309 e. The van der Waals surface area contributed by atoms with E-state index in [4.69, 9.17) is 15.0 Å². The zero-order chi connectivity index (χ0) is 42.6. The van der Waals surface area contributed by atoms with Crippen molar-refractivity contribution in [3.05, 3.63) is 224 Å². The molecule has 0 aliphatic rings. The summed E-state index contributed by atoms with van der Waals surface area (Å²) in [7, 11) is 0. The predicted molar refractivity (Wildman–Crippen MR) is 260 cm³/mol. The summed E-state index contributed by atoms with van der Waals surface area (Å²) in [5.41, 5.74) is 13.9. The topological polar surface area (TPSA) is 72.3 Å². The molecule has 0 fully saturated rings. The van der Waals surface area contributed by atoms with Crippen molar-refractivity contribution >= 4 is 43.6 Å². The van der Waals surface area contributed by atoms with Crippen molar-refractivity contribution in [2.24, 2.45) is 0 Å². The lowest BCUT2D eigenvalue weighted by Crippen LogP contribution is -2.03. The molecule has 0 amide bonds. The Kier molecular flexibility index (Phi) is 8.77. The smallest absolute Gasteiger partial charge is 0.164 e. The van der Waals surface area contributed by atoms with E-state index in [9.17, 15) is 5.26 Å². The number of benzene rings is 9. The fraction of sp³-hybridized carbons (Fsp3) is 0. The van der Waals surface area contributed by atoms with Crippen LogP contribution < -0.4 is 0 Å². The summed E-state index contributed by atoms with van der Waals surface area (Å²) in [6.45, 7) is 0. The van der Waals surface area contributed by atoms with Crippen LogP contribution in [0.15, 0.2) is 218 Å². The lowest BCUT2D eigenvalue weighted by molar-refractivity contribution is 1.07. The van der Waals surface area contributed by atoms with Gasteiger partial charge in [-0.3, -0.25) is 0 Å². The van der Waals surface area contributed by atoms with Gasteiger partial charge < -0.3 is 9.13 Å². The number of nitrogens with zero attached hydrogens (tertiary/aromatic N) is 6. The second kappa shape index (κ2) is 15.2. The Morgan fingerprint density at radius 1 is 0.312 bits per heavy atom. The van der Waals surface area contributed by atoms with Crippen molar-refractivity contribution in [3.63, 3.8) is 0 Å². The Bertz CT molecular complexity index is 3730. The molecule has 0 N–H and O–H groups in total. The standard InChI is InChI=1S/C58H36N6/c59-37-38-14-13-19-43(34-38)57-60-56(42-28-26-40(27-29-42)39-15-3-1-4-16-39)61-58(62-57)51-36-44(30-32-46(51)41-17-5-2-6-18-41)64-54-25-12-9-22-49(54)50-35-45(31-33-55(50)64)63-52-23-10-7-20-47(52)48-21-8-11-24-53(48)63/h1-36H. The maximum absolute atomic E-state index is 9.87. The summed E-state index contributed by atoms with van der Waals surface area (Å²) in [5.74, 6) is 1.56. The molecule has 12 rings (SSSR count). The van der Waals surface area contributed by atoms with Gasteiger partial charge in [-0.15, -0.1) is 0 Å². The minimum absolute atomic E-state index is 0.489. The van der Waals surface area contributed by atoms with Gasteiger partial charge in [0, 0.05) is 49.6 Å². The van der Waals surface area contributed by atoms with E-state index >= 15 is 0 Å². The molecule has 12 aromatic rings. The van der Waals surface area contributed by atoms with Gasteiger partial charge in [0.25, 0.3) is 0 Å². The van der Waals surface area contributed by atoms with Gasteiger partial charge in [0.2, 0.25) is 0 Å². The van der Waals surface area contributed by atoms with Crippen LogP contribution in [0.5, 0.6) is 0 Å². The molecule has 6 heteroatoms. The molecule has 0 saturated heterocycles. The summed E-state index contributed by atoms with van der Waals surface area (Å²) in [4.78, 5) is 15.5. The van der Waals surface area contributed by atoms with E-state index in [0.717, 1.165) is 72.1 Å². The van der Waals surface area contributed by atoms with E-state index in [1.807, 2.05) is 42.5 Å². The summed E-state index contributed by atoms with van der Waals surface area (Å²) in [6.07, 6.45) is 0. The number of hydrogen-bond acceptors (Lipinski definition) is 4. The Morgan fingerprint density at radius 2 is 0.781 bits per heavy atom. The lowest BCUT2D eigenvalue weighted by atomic mass is 9.98. The summed E-state index contributed by atoms with van der Waals surface area (Å²) in [6, 6.07) is 78.1. The maximum atomic E-state index is 9.87. The van der Waals surface area contributed by atoms with Crippen LogP contribution in [0.1, 0.15) is 5.56 Å². The first kappa shape index (κ1) is 36.9. The summed E-state index contributed by atoms with van der Waals surface area (Å²) >= 11 is 0.